The van der Waals surface area contributed by atoms with Crippen molar-refractivity contribution in [3.05, 3.63) is 48.0 Å². The van der Waals surface area contributed by atoms with Crippen LogP contribution in [0.3, 0.4) is 0 Å². The number of rotatable bonds is 7. The predicted octanol–water partition coefficient (Wildman–Crippen LogP) is 2.59. The van der Waals surface area contributed by atoms with Gasteiger partial charge in [0.05, 0.1) is 27.0 Å². The van der Waals surface area contributed by atoms with Crippen molar-refractivity contribution in [2.24, 2.45) is 4.99 Å². The van der Waals surface area contributed by atoms with Gasteiger partial charge < -0.3 is 24.1 Å². The molecule has 2 N–H and O–H groups in total. The summed E-state index contributed by atoms with van der Waals surface area (Å²) in [6, 6.07) is 9.56. The quantitative estimate of drug-likeness (QED) is 0.255. The molecule has 0 aliphatic carbocycles. The number of piperazine rings is 1. The standard InChI is InChI=1S/C22H29N7O3.HI/c1-23-22(24-14-20-25-21(27-26-20)19-5-4-12-32-19)29-10-8-28(9-11-29)15-16-13-17(30-2)6-7-18(16)31-3;/h4-7,12-13H,8-11,14-15H2,1-3H3,(H,23,24)(H,25,26,27);1H. The second-order valence-corrected chi connectivity index (χ2v) is 7.42. The summed E-state index contributed by atoms with van der Waals surface area (Å²) in [5.74, 6) is 4.48. The lowest BCUT2D eigenvalue weighted by atomic mass is 10.1. The first-order chi connectivity index (χ1) is 15.7. The third-order valence-electron chi connectivity index (χ3n) is 5.45. The molecule has 3 aromatic rings. The molecule has 3 heterocycles. The summed E-state index contributed by atoms with van der Waals surface area (Å²) in [6.45, 7) is 4.91. The lowest BCUT2D eigenvalue weighted by molar-refractivity contribution is 0.171. The van der Waals surface area contributed by atoms with E-state index in [0.717, 1.165) is 61.6 Å². The van der Waals surface area contributed by atoms with Gasteiger partial charge in [-0.15, -0.1) is 29.1 Å². The lowest BCUT2D eigenvalue weighted by Gasteiger charge is -2.36. The minimum atomic E-state index is 0. The SMILES string of the molecule is CN=C(NCc1nc(-c2ccco2)n[nH]1)N1CCN(Cc2cc(OC)ccc2OC)CC1.I. The summed E-state index contributed by atoms with van der Waals surface area (Å²) in [7, 11) is 5.18. The fourth-order valence-corrected chi connectivity index (χ4v) is 3.75. The molecule has 1 saturated heterocycles. The zero-order valence-corrected chi connectivity index (χ0v) is 21.4. The number of hydrogen-bond acceptors (Lipinski definition) is 7. The monoisotopic (exact) mass is 567 g/mol. The van der Waals surface area contributed by atoms with E-state index in [9.17, 15) is 0 Å². The number of benzene rings is 1. The third kappa shape index (κ3) is 6.16. The minimum absolute atomic E-state index is 0. The van der Waals surface area contributed by atoms with Gasteiger partial charge in [0.2, 0.25) is 5.82 Å². The van der Waals surface area contributed by atoms with Crippen LogP contribution in [0.1, 0.15) is 11.4 Å². The Bertz CT molecular complexity index is 1030. The number of nitrogens with one attached hydrogen (secondary N) is 2. The molecule has 10 nitrogen and oxygen atoms in total. The first-order valence-corrected chi connectivity index (χ1v) is 10.5. The molecule has 2 aromatic heterocycles. The Hall–Kier alpha value is -2.80. The van der Waals surface area contributed by atoms with Crippen molar-refractivity contribution in [2.45, 2.75) is 13.1 Å². The van der Waals surface area contributed by atoms with Crippen LogP contribution >= 0.6 is 24.0 Å². The number of furan rings is 1. The Morgan fingerprint density at radius 2 is 2.00 bits per heavy atom. The van der Waals surface area contributed by atoms with Gasteiger partial charge in [0.1, 0.15) is 17.3 Å². The Morgan fingerprint density at radius 1 is 1.18 bits per heavy atom. The Morgan fingerprint density at radius 3 is 2.67 bits per heavy atom. The van der Waals surface area contributed by atoms with E-state index in [4.69, 9.17) is 13.9 Å². The second-order valence-electron chi connectivity index (χ2n) is 7.42. The largest absolute Gasteiger partial charge is 0.497 e. The summed E-state index contributed by atoms with van der Waals surface area (Å²) in [4.78, 5) is 13.6. The number of nitrogens with zero attached hydrogens (tertiary/aromatic N) is 5. The normalized spacial score (nSPS) is 14.6. The van der Waals surface area contributed by atoms with Crippen molar-refractivity contribution < 1.29 is 13.9 Å². The minimum Gasteiger partial charge on any atom is -0.497 e. The van der Waals surface area contributed by atoms with E-state index in [2.05, 4.69) is 35.3 Å². The van der Waals surface area contributed by atoms with Crippen molar-refractivity contribution in [2.75, 3.05) is 47.4 Å². The molecule has 0 radical (unpaired) electrons. The highest BCUT2D eigenvalue weighted by Gasteiger charge is 2.21. The van der Waals surface area contributed by atoms with Gasteiger partial charge in [-0.3, -0.25) is 15.0 Å². The van der Waals surface area contributed by atoms with Crippen molar-refractivity contribution in [3.63, 3.8) is 0 Å². The van der Waals surface area contributed by atoms with Crippen LogP contribution in [0.15, 0.2) is 46.0 Å². The van der Waals surface area contributed by atoms with E-state index < -0.39 is 0 Å². The molecule has 0 bridgehead atoms. The molecular formula is C22H30IN7O3. The van der Waals surface area contributed by atoms with Crippen LogP contribution in [-0.2, 0) is 13.1 Å². The zero-order valence-electron chi connectivity index (χ0n) is 19.1. The van der Waals surface area contributed by atoms with Crippen molar-refractivity contribution >= 4 is 29.9 Å². The van der Waals surface area contributed by atoms with Crippen LogP contribution in [0.5, 0.6) is 11.5 Å². The maximum Gasteiger partial charge on any atom is 0.216 e. The molecule has 11 heteroatoms. The molecule has 178 valence electrons. The summed E-state index contributed by atoms with van der Waals surface area (Å²) in [5, 5.41) is 10.5. The van der Waals surface area contributed by atoms with Gasteiger partial charge in [-0.05, 0) is 30.3 Å². The Kier molecular flexibility index (Phi) is 8.95. The number of aliphatic imine (C=N–C) groups is 1. The van der Waals surface area contributed by atoms with Crippen LogP contribution in [0.25, 0.3) is 11.6 Å². The van der Waals surface area contributed by atoms with Crippen molar-refractivity contribution in [3.8, 4) is 23.1 Å². The number of aromatic amines is 1. The van der Waals surface area contributed by atoms with Crippen molar-refractivity contribution in [1.29, 1.82) is 0 Å². The van der Waals surface area contributed by atoms with E-state index in [-0.39, 0.29) is 24.0 Å². The first kappa shape index (κ1) is 24.8. The molecule has 0 spiro atoms. The number of hydrogen-bond donors (Lipinski definition) is 2. The lowest BCUT2D eigenvalue weighted by Crippen LogP contribution is -2.52. The van der Waals surface area contributed by atoms with E-state index in [1.807, 2.05) is 30.3 Å². The van der Waals surface area contributed by atoms with Gasteiger partial charge in [-0.2, -0.15) is 0 Å². The number of ether oxygens (including phenoxy) is 2. The zero-order chi connectivity index (χ0) is 22.3. The molecule has 1 aliphatic heterocycles. The number of methoxy groups -OCH3 is 2. The van der Waals surface area contributed by atoms with Crippen LogP contribution in [0.4, 0.5) is 0 Å². The van der Waals surface area contributed by atoms with Gasteiger partial charge in [0.15, 0.2) is 11.7 Å². The highest BCUT2D eigenvalue weighted by Crippen LogP contribution is 2.25. The first-order valence-electron chi connectivity index (χ1n) is 10.5. The molecule has 1 aromatic carbocycles. The molecule has 0 unspecified atom stereocenters. The van der Waals surface area contributed by atoms with Crippen LogP contribution < -0.4 is 14.8 Å². The second kappa shape index (κ2) is 11.9. The van der Waals surface area contributed by atoms with Gasteiger partial charge in [0.25, 0.3) is 0 Å². The molecule has 1 fully saturated rings. The molecule has 0 atom stereocenters. The van der Waals surface area contributed by atoms with E-state index in [0.29, 0.717) is 18.1 Å². The number of guanidine groups is 1. The molecule has 33 heavy (non-hydrogen) atoms. The highest BCUT2D eigenvalue weighted by molar-refractivity contribution is 14.0. The maximum atomic E-state index is 5.52. The summed E-state index contributed by atoms with van der Waals surface area (Å²) < 4.78 is 16.2. The Labute approximate surface area is 210 Å². The van der Waals surface area contributed by atoms with Gasteiger partial charge in [-0.1, -0.05) is 0 Å². The highest BCUT2D eigenvalue weighted by atomic mass is 127. The van der Waals surface area contributed by atoms with Crippen LogP contribution in [0.2, 0.25) is 0 Å². The number of halogens is 1. The molecule has 0 amide bonds. The van der Waals surface area contributed by atoms with Gasteiger partial charge in [-0.25, -0.2) is 4.98 Å². The fourth-order valence-electron chi connectivity index (χ4n) is 3.75. The molecule has 4 rings (SSSR count). The molecule has 1 aliphatic rings. The van der Waals surface area contributed by atoms with Gasteiger partial charge in [0, 0.05) is 45.3 Å². The smallest absolute Gasteiger partial charge is 0.216 e. The van der Waals surface area contributed by atoms with E-state index in [1.165, 1.54) is 0 Å². The number of aromatic nitrogens is 3. The van der Waals surface area contributed by atoms with E-state index >= 15 is 0 Å². The number of H-pyrrole nitrogens is 1. The third-order valence-corrected chi connectivity index (χ3v) is 5.45. The predicted molar refractivity (Wildman–Crippen MR) is 136 cm³/mol. The van der Waals surface area contributed by atoms with E-state index in [1.54, 1.807) is 27.5 Å². The average molecular weight is 567 g/mol. The van der Waals surface area contributed by atoms with Crippen LogP contribution in [-0.4, -0.2) is 78.4 Å². The summed E-state index contributed by atoms with van der Waals surface area (Å²) in [5.41, 5.74) is 1.13. The fraction of sp³-hybridized carbons (Fsp3) is 0.409. The average Bonchev–Trinajstić information content (AvgIpc) is 3.52. The van der Waals surface area contributed by atoms with Crippen LogP contribution in [0, 0.1) is 0 Å². The van der Waals surface area contributed by atoms with Crippen molar-refractivity contribution in [1.82, 2.24) is 30.3 Å². The summed E-state index contributed by atoms with van der Waals surface area (Å²) >= 11 is 0. The maximum absolute atomic E-state index is 5.52. The molecule has 0 saturated carbocycles. The van der Waals surface area contributed by atoms with Gasteiger partial charge >= 0.3 is 0 Å². The molecular weight excluding hydrogens is 537 g/mol. The Balaban J connectivity index is 0.00000306. The summed E-state index contributed by atoms with van der Waals surface area (Å²) in [6.07, 6.45) is 1.61. The topological polar surface area (TPSA) is 104 Å².